The Morgan fingerprint density at radius 3 is 2.55 bits per heavy atom. The number of hydrogen-bond donors (Lipinski definition) is 0. The number of isothiocyanates is 1. The van der Waals surface area contributed by atoms with Gasteiger partial charge in [-0.1, -0.05) is 0 Å². The summed E-state index contributed by atoms with van der Waals surface area (Å²) in [4.78, 5) is 3.86. The zero-order valence-corrected chi connectivity index (χ0v) is 7.24. The highest BCUT2D eigenvalue weighted by Crippen LogP contribution is 2.25. The van der Waals surface area contributed by atoms with Gasteiger partial charge in [0.25, 0.3) is 0 Å². The van der Waals surface area contributed by atoms with Crippen molar-refractivity contribution in [3.05, 3.63) is 0 Å². The van der Waals surface area contributed by atoms with E-state index in [4.69, 9.17) is 0 Å². The molecule has 1 fully saturated rings. The Labute approximate surface area is 71.7 Å². The molecule has 0 N–H and O–H groups in total. The molecule has 1 nitrogen and oxygen atoms in total. The van der Waals surface area contributed by atoms with E-state index in [0.717, 1.165) is 19.4 Å². The van der Waals surface area contributed by atoms with Crippen molar-refractivity contribution in [1.29, 1.82) is 0 Å². The third-order valence-electron chi connectivity index (χ3n) is 2.19. The molecule has 1 rings (SSSR count). The molecule has 11 heavy (non-hydrogen) atoms. The molecule has 0 unspecified atom stereocenters. The van der Waals surface area contributed by atoms with Crippen LogP contribution in [0.2, 0.25) is 0 Å². The van der Waals surface area contributed by atoms with Crippen molar-refractivity contribution >= 4 is 17.4 Å². The van der Waals surface area contributed by atoms with Crippen LogP contribution in [0.25, 0.3) is 0 Å². The molecular weight excluding hydrogens is 161 g/mol. The zero-order valence-electron chi connectivity index (χ0n) is 6.42. The second-order valence-electron chi connectivity index (χ2n) is 3.05. The van der Waals surface area contributed by atoms with Crippen molar-refractivity contribution in [1.82, 2.24) is 0 Å². The van der Waals surface area contributed by atoms with Gasteiger partial charge < -0.3 is 0 Å². The fourth-order valence-corrected chi connectivity index (χ4v) is 1.55. The van der Waals surface area contributed by atoms with Crippen LogP contribution in [0.5, 0.6) is 0 Å². The molecule has 0 spiro atoms. The van der Waals surface area contributed by atoms with E-state index >= 15 is 0 Å². The van der Waals surface area contributed by atoms with Gasteiger partial charge in [0.1, 0.15) is 6.17 Å². The molecule has 0 aromatic heterocycles. The second kappa shape index (κ2) is 4.58. The van der Waals surface area contributed by atoms with Gasteiger partial charge in [-0.15, -0.1) is 0 Å². The van der Waals surface area contributed by atoms with Crippen molar-refractivity contribution in [2.45, 2.75) is 31.9 Å². The summed E-state index contributed by atoms with van der Waals surface area (Å²) in [6.07, 6.45) is 2.77. The number of alkyl halides is 1. The molecule has 3 heteroatoms. The maximum atomic E-state index is 12.6. The fraction of sp³-hybridized carbons (Fsp3) is 0.875. The van der Waals surface area contributed by atoms with Crippen LogP contribution in [-0.2, 0) is 0 Å². The molecule has 0 aromatic rings. The number of thiocarbonyl (C=S) groups is 1. The Hall–Kier alpha value is -0.270. The number of rotatable bonds is 2. The molecule has 1 saturated carbocycles. The summed E-state index contributed by atoms with van der Waals surface area (Å²) >= 11 is 4.45. The molecule has 1 aliphatic carbocycles. The first-order chi connectivity index (χ1) is 5.33. The predicted molar refractivity (Wildman–Crippen MR) is 46.7 cm³/mol. The highest BCUT2D eigenvalue weighted by atomic mass is 32.1. The summed E-state index contributed by atoms with van der Waals surface area (Å²) in [7, 11) is 0. The minimum Gasteiger partial charge on any atom is -0.247 e. The van der Waals surface area contributed by atoms with Gasteiger partial charge in [0.05, 0.1) is 11.7 Å². The lowest BCUT2D eigenvalue weighted by atomic mass is 9.88. The van der Waals surface area contributed by atoms with Crippen LogP contribution in [0.15, 0.2) is 4.99 Å². The largest absolute Gasteiger partial charge is 0.247 e. The summed E-state index contributed by atoms with van der Waals surface area (Å²) < 4.78 is 12.6. The first kappa shape index (κ1) is 8.82. The average Bonchev–Trinajstić information content (AvgIpc) is 2.04. The van der Waals surface area contributed by atoms with Crippen molar-refractivity contribution in [3.8, 4) is 0 Å². The Morgan fingerprint density at radius 1 is 1.36 bits per heavy atom. The van der Waals surface area contributed by atoms with Crippen LogP contribution in [0.3, 0.4) is 0 Å². The predicted octanol–water partition coefficient (Wildman–Crippen LogP) is 2.62. The van der Waals surface area contributed by atoms with E-state index in [-0.39, 0.29) is 0 Å². The lowest BCUT2D eigenvalue weighted by Gasteiger charge is -2.21. The van der Waals surface area contributed by atoms with E-state index < -0.39 is 6.17 Å². The Bertz CT molecular complexity index is 157. The monoisotopic (exact) mass is 173 g/mol. The van der Waals surface area contributed by atoms with Gasteiger partial charge in [-0.2, -0.15) is 0 Å². The highest BCUT2D eigenvalue weighted by molar-refractivity contribution is 7.78. The van der Waals surface area contributed by atoms with Crippen molar-refractivity contribution in [2.75, 3.05) is 6.54 Å². The standard InChI is InChI=1S/C8H12FNS/c9-8-3-1-7(2-4-8)5-10-6-11/h7-8H,1-5H2. The topological polar surface area (TPSA) is 12.4 Å². The van der Waals surface area contributed by atoms with Crippen LogP contribution in [0.4, 0.5) is 4.39 Å². The van der Waals surface area contributed by atoms with Gasteiger partial charge in [0.15, 0.2) is 0 Å². The maximum absolute atomic E-state index is 12.6. The smallest absolute Gasteiger partial charge is 0.100 e. The van der Waals surface area contributed by atoms with Gasteiger partial charge >= 0.3 is 0 Å². The van der Waals surface area contributed by atoms with Gasteiger partial charge in [-0.25, -0.2) is 9.38 Å². The molecule has 1 aliphatic rings. The second-order valence-corrected chi connectivity index (χ2v) is 3.23. The highest BCUT2D eigenvalue weighted by Gasteiger charge is 2.19. The number of halogens is 1. The Morgan fingerprint density at radius 2 is 2.00 bits per heavy atom. The minimum absolute atomic E-state index is 0.553. The van der Waals surface area contributed by atoms with E-state index in [1.165, 1.54) is 0 Å². The zero-order chi connectivity index (χ0) is 8.10. The van der Waals surface area contributed by atoms with E-state index in [9.17, 15) is 4.39 Å². The molecule has 0 bridgehead atoms. The Kier molecular flexibility index (Phi) is 3.67. The van der Waals surface area contributed by atoms with E-state index in [2.05, 4.69) is 22.4 Å². The molecule has 62 valence electrons. The van der Waals surface area contributed by atoms with Crippen LogP contribution in [0, 0.1) is 5.92 Å². The maximum Gasteiger partial charge on any atom is 0.100 e. The number of aliphatic imine (C=N–C) groups is 1. The summed E-state index contributed by atoms with van der Waals surface area (Å²) in [5.41, 5.74) is 0. The molecular formula is C8H12FNS. The van der Waals surface area contributed by atoms with Gasteiger partial charge in [0.2, 0.25) is 0 Å². The lowest BCUT2D eigenvalue weighted by molar-refractivity contribution is 0.211. The third kappa shape index (κ3) is 3.08. The quantitative estimate of drug-likeness (QED) is 0.462. The van der Waals surface area contributed by atoms with Crippen LogP contribution in [0.1, 0.15) is 25.7 Å². The van der Waals surface area contributed by atoms with Gasteiger partial charge in [0, 0.05) is 0 Å². The Balaban J connectivity index is 2.22. The number of hydrogen-bond acceptors (Lipinski definition) is 2. The third-order valence-corrected chi connectivity index (χ3v) is 2.32. The van der Waals surface area contributed by atoms with Crippen LogP contribution < -0.4 is 0 Å². The molecule has 0 heterocycles. The summed E-state index contributed by atoms with van der Waals surface area (Å²) in [6, 6.07) is 0. The molecule has 0 aliphatic heterocycles. The van der Waals surface area contributed by atoms with Crippen molar-refractivity contribution in [3.63, 3.8) is 0 Å². The molecule has 0 atom stereocenters. The van der Waals surface area contributed by atoms with E-state index in [0.29, 0.717) is 18.8 Å². The minimum atomic E-state index is -0.567. The average molecular weight is 173 g/mol. The first-order valence-electron chi connectivity index (χ1n) is 4.00. The summed E-state index contributed by atoms with van der Waals surface area (Å²) in [6.45, 7) is 0.746. The summed E-state index contributed by atoms with van der Waals surface area (Å²) in [5.74, 6) is 0.553. The van der Waals surface area contributed by atoms with Crippen molar-refractivity contribution in [2.24, 2.45) is 10.9 Å². The van der Waals surface area contributed by atoms with Gasteiger partial charge in [-0.3, -0.25) is 0 Å². The van der Waals surface area contributed by atoms with E-state index in [1.807, 2.05) is 0 Å². The van der Waals surface area contributed by atoms with Crippen molar-refractivity contribution < 1.29 is 4.39 Å². The van der Waals surface area contributed by atoms with Gasteiger partial charge in [-0.05, 0) is 43.8 Å². The fourth-order valence-electron chi connectivity index (χ4n) is 1.47. The molecule has 0 radical (unpaired) electrons. The molecule has 0 amide bonds. The lowest BCUT2D eigenvalue weighted by Crippen LogP contribution is -2.16. The summed E-state index contributed by atoms with van der Waals surface area (Å²) in [5, 5.41) is 2.34. The normalized spacial score (nSPS) is 31.0. The molecule has 0 aromatic carbocycles. The van der Waals surface area contributed by atoms with Crippen LogP contribution in [-0.4, -0.2) is 17.9 Å². The molecule has 0 saturated heterocycles. The number of nitrogens with zero attached hydrogens (tertiary/aromatic N) is 1. The van der Waals surface area contributed by atoms with E-state index in [1.54, 1.807) is 0 Å². The SMILES string of the molecule is FC1CCC(CN=C=S)CC1. The van der Waals surface area contributed by atoms with Crippen LogP contribution >= 0.6 is 12.2 Å². The first-order valence-corrected chi connectivity index (χ1v) is 4.41.